The summed E-state index contributed by atoms with van der Waals surface area (Å²) in [4.78, 5) is 2.59. The highest BCUT2D eigenvalue weighted by Gasteiger charge is 2.17. The van der Waals surface area contributed by atoms with Gasteiger partial charge in [-0.1, -0.05) is 24.6 Å². The Kier molecular flexibility index (Phi) is 7.32. The zero-order valence-corrected chi connectivity index (χ0v) is 13.6. The second kappa shape index (κ2) is 8.23. The molecule has 1 aromatic rings. The summed E-state index contributed by atoms with van der Waals surface area (Å²) in [7, 11) is 0. The Hall–Kier alpha value is -0.280. The maximum atomic E-state index is 6.17. The first kappa shape index (κ1) is 17.8. The molecule has 1 aliphatic heterocycles. The van der Waals surface area contributed by atoms with Crippen LogP contribution in [0.25, 0.3) is 0 Å². The Morgan fingerprint density at radius 1 is 1.05 bits per heavy atom. The van der Waals surface area contributed by atoms with Gasteiger partial charge in [0.15, 0.2) is 0 Å². The lowest BCUT2D eigenvalue weighted by Gasteiger charge is -2.28. The van der Waals surface area contributed by atoms with E-state index in [1.54, 1.807) is 0 Å². The van der Waals surface area contributed by atoms with Crippen LogP contribution in [-0.2, 0) is 13.0 Å². The lowest BCUT2D eigenvalue weighted by molar-refractivity contribution is 0.221. The molecule has 0 unspecified atom stereocenters. The summed E-state index contributed by atoms with van der Waals surface area (Å²) in [5, 5.41) is 0. The Morgan fingerprint density at radius 2 is 1.80 bits per heavy atom. The second-order valence-corrected chi connectivity index (χ2v) is 5.87. The van der Waals surface area contributed by atoms with Gasteiger partial charge in [-0.25, -0.2) is 0 Å². The molecule has 0 amide bonds. The number of likely N-dealkylation sites (tertiary alicyclic amines) is 1. The minimum atomic E-state index is 0. The predicted octanol–water partition coefficient (Wildman–Crippen LogP) is 3.85. The van der Waals surface area contributed by atoms with Crippen LogP contribution in [0.1, 0.15) is 54.8 Å². The first-order valence-electron chi connectivity index (χ1n) is 7.42. The fourth-order valence-corrected chi connectivity index (χ4v) is 3.38. The number of halogens is 2. The van der Waals surface area contributed by atoms with Crippen LogP contribution in [0.15, 0.2) is 18.2 Å². The van der Waals surface area contributed by atoms with Crippen molar-refractivity contribution in [3.8, 4) is 0 Å². The SMILES string of the molecule is Cl.Cl.N[C@@H]1CCCc2cc(CN3CCCCC3)ccc21. The predicted molar refractivity (Wildman–Crippen MR) is 89.9 cm³/mol. The van der Waals surface area contributed by atoms with Crippen LogP contribution in [0.4, 0.5) is 0 Å². The Morgan fingerprint density at radius 3 is 2.55 bits per heavy atom. The van der Waals surface area contributed by atoms with Gasteiger partial charge in [-0.05, 0) is 61.9 Å². The van der Waals surface area contributed by atoms with Gasteiger partial charge in [-0.2, -0.15) is 0 Å². The van der Waals surface area contributed by atoms with Gasteiger partial charge in [0.1, 0.15) is 0 Å². The maximum Gasteiger partial charge on any atom is 0.0297 e. The van der Waals surface area contributed by atoms with Gasteiger partial charge in [-0.15, -0.1) is 24.8 Å². The normalized spacial score (nSPS) is 22.4. The maximum absolute atomic E-state index is 6.17. The molecule has 4 heteroatoms. The summed E-state index contributed by atoms with van der Waals surface area (Å²) < 4.78 is 0. The van der Waals surface area contributed by atoms with Crippen molar-refractivity contribution in [2.45, 2.75) is 51.1 Å². The summed E-state index contributed by atoms with van der Waals surface area (Å²) in [5.74, 6) is 0. The highest BCUT2D eigenvalue weighted by atomic mass is 35.5. The van der Waals surface area contributed by atoms with Crippen molar-refractivity contribution in [3.05, 3.63) is 34.9 Å². The molecule has 0 radical (unpaired) electrons. The fourth-order valence-electron chi connectivity index (χ4n) is 3.38. The van der Waals surface area contributed by atoms with Gasteiger partial charge < -0.3 is 5.73 Å². The quantitative estimate of drug-likeness (QED) is 0.897. The Labute approximate surface area is 134 Å². The number of nitrogens with zero attached hydrogens (tertiary/aromatic N) is 1. The van der Waals surface area contributed by atoms with E-state index in [4.69, 9.17) is 5.73 Å². The number of hydrogen-bond acceptors (Lipinski definition) is 2. The van der Waals surface area contributed by atoms with Crippen LogP contribution in [-0.4, -0.2) is 18.0 Å². The molecular weight excluding hydrogens is 291 g/mol. The van der Waals surface area contributed by atoms with Crippen LogP contribution < -0.4 is 5.73 Å². The molecule has 0 spiro atoms. The van der Waals surface area contributed by atoms with Gasteiger partial charge in [0.2, 0.25) is 0 Å². The van der Waals surface area contributed by atoms with Gasteiger partial charge >= 0.3 is 0 Å². The monoisotopic (exact) mass is 316 g/mol. The van der Waals surface area contributed by atoms with Crippen LogP contribution in [0.2, 0.25) is 0 Å². The molecule has 1 aromatic carbocycles. The van der Waals surface area contributed by atoms with Gasteiger partial charge in [0, 0.05) is 12.6 Å². The van der Waals surface area contributed by atoms with Crippen LogP contribution in [0.5, 0.6) is 0 Å². The molecule has 0 saturated carbocycles. The third-order valence-electron chi connectivity index (χ3n) is 4.42. The molecule has 3 rings (SSSR count). The molecule has 1 atom stereocenters. The highest BCUT2D eigenvalue weighted by Crippen LogP contribution is 2.29. The minimum Gasteiger partial charge on any atom is -0.324 e. The molecule has 1 heterocycles. The number of benzene rings is 1. The lowest BCUT2D eigenvalue weighted by Crippen LogP contribution is -2.29. The minimum absolute atomic E-state index is 0. The molecule has 2 nitrogen and oxygen atoms in total. The molecule has 20 heavy (non-hydrogen) atoms. The van der Waals surface area contributed by atoms with Crippen molar-refractivity contribution in [1.82, 2.24) is 4.90 Å². The van der Waals surface area contributed by atoms with Gasteiger partial charge in [-0.3, -0.25) is 4.90 Å². The van der Waals surface area contributed by atoms with Crippen molar-refractivity contribution in [2.75, 3.05) is 13.1 Å². The average molecular weight is 317 g/mol. The summed E-state index contributed by atoms with van der Waals surface area (Å²) in [6.45, 7) is 3.68. The summed E-state index contributed by atoms with van der Waals surface area (Å²) >= 11 is 0. The zero-order chi connectivity index (χ0) is 12.4. The standard InChI is InChI=1S/C16H24N2.2ClH/c17-16-6-4-5-14-11-13(7-8-15(14)16)12-18-9-2-1-3-10-18;;/h7-8,11,16H,1-6,9-10,12,17H2;2*1H/t16-;;/m1../s1. The van der Waals surface area contributed by atoms with Crippen LogP contribution in [0.3, 0.4) is 0 Å². The number of nitrogens with two attached hydrogens (primary N) is 1. The second-order valence-electron chi connectivity index (χ2n) is 5.87. The van der Waals surface area contributed by atoms with Crippen molar-refractivity contribution in [3.63, 3.8) is 0 Å². The summed E-state index contributed by atoms with van der Waals surface area (Å²) in [6, 6.07) is 7.25. The number of aryl methyl sites for hydroxylation is 1. The molecule has 2 aliphatic rings. The molecule has 0 aromatic heterocycles. The van der Waals surface area contributed by atoms with Crippen LogP contribution in [0, 0.1) is 0 Å². The number of hydrogen-bond donors (Lipinski definition) is 1. The van der Waals surface area contributed by atoms with Crippen LogP contribution >= 0.6 is 24.8 Å². The first-order chi connectivity index (χ1) is 8.83. The molecule has 2 N–H and O–H groups in total. The molecule has 114 valence electrons. The van der Waals surface area contributed by atoms with Crippen molar-refractivity contribution in [1.29, 1.82) is 0 Å². The summed E-state index contributed by atoms with van der Waals surface area (Å²) in [6.07, 6.45) is 7.78. The molecule has 0 bridgehead atoms. The van der Waals surface area contributed by atoms with E-state index in [-0.39, 0.29) is 30.9 Å². The molecule has 1 aliphatic carbocycles. The third kappa shape index (κ3) is 4.11. The van der Waals surface area contributed by atoms with E-state index in [0.717, 1.165) is 13.0 Å². The lowest BCUT2D eigenvalue weighted by atomic mass is 9.87. The van der Waals surface area contributed by atoms with E-state index < -0.39 is 0 Å². The van der Waals surface area contributed by atoms with Gasteiger partial charge in [0.25, 0.3) is 0 Å². The number of rotatable bonds is 2. The van der Waals surface area contributed by atoms with Gasteiger partial charge in [0.05, 0.1) is 0 Å². The van der Waals surface area contributed by atoms with Crippen molar-refractivity contribution in [2.24, 2.45) is 5.73 Å². The highest BCUT2D eigenvalue weighted by molar-refractivity contribution is 5.85. The fraction of sp³-hybridized carbons (Fsp3) is 0.625. The van der Waals surface area contributed by atoms with Crippen molar-refractivity contribution < 1.29 is 0 Å². The smallest absolute Gasteiger partial charge is 0.0297 e. The van der Waals surface area contributed by atoms with E-state index in [1.165, 1.54) is 61.9 Å². The zero-order valence-electron chi connectivity index (χ0n) is 12.0. The van der Waals surface area contributed by atoms with E-state index in [9.17, 15) is 0 Å². The first-order valence-corrected chi connectivity index (χ1v) is 7.42. The largest absolute Gasteiger partial charge is 0.324 e. The Balaban J connectivity index is 0.000001000. The topological polar surface area (TPSA) is 29.3 Å². The molecule has 1 saturated heterocycles. The number of piperidine rings is 1. The summed E-state index contributed by atoms with van der Waals surface area (Å²) in [5.41, 5.74) is 10.5. The van der Waals surface area contributed by atoms with E-state index >= 15 is 0 Å². The van der Waals surface area contributed by atoms with Crippen molar-refractivity contribution >= 4 is 24.8 Å². The molecule has 1 fully saturated rings. The van der Waals surface area contributed by atoms with E-state index in [0.29, 0.717) is 0 Å². The molecular formula is C16H26Cl2N2. The third-order valence-corrected chi connectivity index (χ3v) is 4.42. The average Bonchev–Trinajstić information content (AvgIpc) is 2.40. The number of fused-ring (bicyclic) bond motifs is 1. The van der Waals surface area contributed by atoms with E-state index in [2.05, 4.69) is 23.1 Å². The van der Waals surface area contributed by atoms with E-state index in [1.807, 2.05) is 0 Å². The Bertz CT molecular complexity index is 417.